The molecule has 2 N–H and O–H groups in total. The van der Waals surface area contributed by atoms with Gasteiger partial charge in [0, 0.05) is 16.8 Å². The standard InChI is InChI=1S/C14H11N3O2S2/c1-19-13(18)11-7-9(4-5-16-11)20-14-17-10-3-2-8(15)6-12(10)21-14/h2-7H,15H2,1H3. The summed E-state index contributed by atoms with van der Waals surface area (Å²) in [6, 6.07) is 9.16. The summed E-state index contributed by atoms with van der Waals surface area (Å²) in [5.74, 6) is -0.450. The first-order chi connectivity index (χ1) is 10.2. The van der Waals surface area contributed by atoms with E-state index in [1.807, 2.05) is 24.3 Å². The van der Waals surface area contributed by atoms with Gasteiger partial charge in [-0.3, -0.25) is 0 Å². The van der Waals surface area contributed by atoms with Gasteiger partial charge in [-0.05, 0) is 30.3 Å². The van der Waals surface area contributed by atoms with Gasteiger partial charge in [0.25, 0.3) is 0 Å². The van der Waals surface area contributed by atoms with Gasteiger partial charge in [0.1, 0.15) is 5.69 Å². The molecule has 21 heavy (non-hydrogen) atoms. The minimum absolute atomic E-state index is 0.285. The van der Waals surface area contributed by atoms with E-state index in [1.165, 1.54) is 18.9 Å². The summed E-state index contributed by atoms with van der Waals surface area (Å²) in [5, 5.41) is 0. The van der Waals surface area contributed by atoms with E-state index in [0.29, 0.717) is 0 Å². The van der Waals surface area contributed by atoms with Crippen LogP contribution in [0.2, 0.25) is 0 Å². The number of fused-ring (bicyclic) bond motifs is 1. The van der Waals surface area contributed by atoms with Gasteiger partial charge in [-0.2, -0.15) is 0 Å². The lowest BCUT2D eigenvalue weighted by Crippen LogP contribution is -2.03. The maximum Gasteiger partial charge on any atom is 0.356 e. The molecule has 0 aliphatic carbocycles. The van der Waals surface area contributed by atoms with Crippen LogP contribution in [0.5, 0.6) is 0 Å². The molecule has 5 nitrogen and oxygen atoms in total. The summed E-state index contributed by atoms with van der Waals surface area (Å²) >= 11 is 3.04. The van der Waals surface area contributed by atoms with Crippen LogP contribution < -0.4 is 5.73 Å². The molecule has 0 saturated carbocycles. The zero-order valence-electron chi connectivity index (χ0n) is 11.1. The Balaban J connectivity index is 1.89. The molecule has 106 valence electrons. The van der Waals surface area contributed by atoms with Crippen molar-refractivity contribution in [2.24, 2.45) is 0 Å². The quantitative estimate of drug-likeness (QED) is 0.590. The fourth-order valence-corrected chi connectivity index (χ4v) is 3.87. The highest BCUT2D eigenvalue weighted by Gasteiger charge is 2.10. The smallest absolute Gasteiger partial charge is 0.356 e. The first kappa shape index (κ1) is 13.8. The van der Waals surface area contributed by atoms with Crippen LogP contribution in [0.4, 0.5) is 5.69 Å². The van der Waals surface area contributed by atoms with E-state index >= 15 is 0 Å². The van der Waals surface area contributed by atoms with Gasteiger partial charge >= 0.3 is 5.97 Å². The Morgan fingerprint density at radius 1 is 1.33 bits per heavy atom. The third-order valence-corrected chi connectivity index (χ3v) is 4.79. The summed E-state index contributed by atoms with van der Waals surface area (Å²) in [6.45, 7) is 0. The molecule has 0 saturated heterocycles. The number of anilines is 1. The minimum atomic E-state index is -0.450. The molecule has 7 heteroatoms. The molecular formula is C14H11N3O2S2. The number of hydrogen-bond acceptors (Lipinski definition) is 7. The van der Waals surface area contributed by atoms with Crippen molar-refractivity contribution in [1.82, 2.24) is 9.97 Å². The number of hydrogen-bond donors (Lipinski definition) is 1. The van der Waals surface area contributed by atoms with E-state index in [2.05, 4.69) is 14.7 Å². The number of benzene rings is 1. The number of pyridine rings is 1. The van der Waals surface area contributed by atoms with Gasteiger partial charge < -0.3 is 10.5 Å². The second kappa shape index (κ2) is 5.71. The summed E-state index contributed by atoms with van der Waals surface area (Å²) in [5.41, 5.74) is 7.69. The number of nitrogen functional groups attached to an aromatic ring is 1. The Morgan fingerprint density at radius 3 is 3.00 bits per heavy atom. The Bertz CT molecular complexity index is 817. The van der Waals surface area contributed by atoms with Gasteiger partial charge in [0.15, 0.2) is 4.34 Å². The van der Waals surface area contributed by atoms with Gasteiger partial charge in [0.2, 0.25) is 0 Å². The van der Waals surface area contributed by atoms with E-state index in [1.54, 1.807) is 23.6 Å². The molecule has 2 aromatic heterocycles. The van der Waals surface area contributed by atoms with E-state index < -0.39 is 5.97 Å². The summed E-state index contributed by atoms with van der Waals surface area (Å²) < 4.78 is 6.59. The molecule has 1 aromatic carbocycles. The van der Waals surface area contributed by atoms with Gasteiger partial charge in [0.05, 0.1) is 17.3 Å². The van der Waals surface area contributed by atoms with Crippen molar-refractivity contribution in [1.29, 1.82) is 0 Å². The number of methoxy groups -OCH3 is 1. The van der Waals surface area contributed by atoms with E-state index in [0.717, 1.165) is 25.1 Å². The molecule has 3 rings (SSSR count). The van der Waals surface area contributed by atoms with Crippen LogP contribution in [-0.4, -0.2) is 23.0 Å². The van der Waals surface area contributed by atoms with E-state index in [9.17, 15) is 4.79 Å². The molecule has 0 aliphatic heterocycles. The van der Waals surface area contributed by atoms with Crippen molar-refractivity contribution in [2.75, 3.05) is 12.8 Å². The summed E-state index contributed by atoms with van der Waals surface area (Å²) in [4.78, 5) is 20.9. The minimum Gasteiger partial charge on any atom is -0.464 e. The maximum atomic E-state index is 11.5. The first-order valence-electron chi connectivity index (χ1n) is 6.04. The van der Waals surface area contributed by atoms with E-state index in [4.69, 9.17) is 5.73 Å². The highest BCUT2D eigenvalue weighted by molar-refractivity contribution is 8.01. The number of esters is 1. The lowest BCUT2D eigenvalue weighted by atomic mass is 10.3. The molecule has 0 atom stereocenters. The van der Waals surface area contributed by atoms with Crippen LogP contribution in [0.15, 0.2) is 45.8 Å². The number of carbonyl (C=O) groups excluding carboxylic acids is 1. The second-order valence-corrected chi connectivity index (χ2v) is 6.53. The lowest BCUT2D eigenvalue weighted by molar-refractivity contribution is 0.0593. The summed E-state index contributed by atoms with van der Waals surface area (Å²) in [6.07, 6.45) is 1.58. The number of thiazole rings is 1. The molecule has 2 heterocycles. The number of carbonyl (C=O) groups is 1. The Kier molecular flexibility index (Phi) is 3.76. The third kappa shape index (κ3) is 2.98. The number of aromatic nitrogens is 2. The van der Waals surface area contributed by atoms with Crippen LogP contribution >= 0.6 is 23.1 Å². The van der Waals surface area contributed by atoms with Crippen LogP contribution in [-0.2, 0) is 4.74 Å². The van der Waals surface area contributed by atoms with Crippen molar-refractivity contribution >= 4 is 45.0 Å². The zero-order chi connectivity index (χ0) is 14.8. The van der Waals surface area contributed by atoms with Crippen LogP contribution in [0.1, 0.15) is 10.5 Å². The monoisotopic (exact) mass is 317 g/mol. The molecule has 0 unspecified atom stereocenters. The molecule has 0 aliphatic rings. The molecule has 0 bridgehead atoms. The second-order valence-electron chi connectivity index (χ2n) is 4.18. The van der Waals surface area contributed by atoms with Crippen molar-refractivity contribution in [3.05, 3.63) is 42.2 Å². The Morgan fingerprint density at radius 2 is 2.19 bits per heavy atom. The topological polar surface area (TPSA) is 78.1 Å². The number of rotatable bonds is 3. The highest BCUT2D eigenvalue weighted by Crippen LogP contribution is 2.35. The average molecular weight is 317 g/mol. The predicted molar refractivity (Wildman–Crippen MR) is 83.7 cm³/mol. The molecular weight excluding hydrogens is 306 g/mol. The molecule has 0 radical (unpaired) electrons. The van der Waals surface area contributed by atoms with Crippen molar-refractivity contribution in [3.63, 3.8) is 0 Å². The van der Waals surface area contributed by atoms with Crippen LogP contribution in [0.25, 0.3) is 10.2 Å². The number of nitrogens with zero attached hydrogens (tertiary/aromatic N) is 2. The zero-order valence-corrected chi connectivity index (χ0v) is 12.7. The van der Waals surface area contributed by atoms with Gasteiger partial charge in [-0.15, -0.1) is 11.3 Å². The third-order valence-electron chi connectivity index (χ3n) is 2.72. The SMILES string of the molecule is COC(=O)c1cc(Sc2nc3ccc(N)cc3s2)ccn1. The van der Waals surface area contributed by atoms with E-state index in [-0.39, 0.29) is 5.69 Å². The largest absolute Gasteiger partial charge is 0.464 e. The van der Waals surface area contributed by atoms with Crippen molar-refractivity contribution < 1.29 is 9.53 Å². The van der Waals surface area contributed by atoms with Gasteiger partial charge in [-0.25, -0.2) is 14.8 Å². The average Bonchev–Trinajstić information content (AvgIpc) is 2.88. The first-order valence-corrected chi connectivity index (χ1v) is 7.67. The fraction of sp³-hybridized carbons (Fsp3) is 0.0714. The fourth-order valence-electron chi connectivity index (χ4n) is 1.76. The summed E-state index contributed by atoms with van der Waals surface area (Å²) in [7, 11) is 1.34. The number of ether oxygens (including phenoxy) is 1. The molecule has 3 aromatic rings. The number of nitrogens with two attached hydrogens (primary N) is 1. The molecule has 0 spiro atoms. The Labute approximate surface area is 129 Å². The normalized spacial score (nSPS) is 10.7. The predicted octanol–water partition coefficient (Wildman–Crippen LogP) is 3.21. The highest BCUT2D eigenvalue weighted by atomic mass is 32.2. The lowest BCUT2D eigenvalue weighted by Gasteiger charge is -2.00. The van der Waals surface area contributed by atoms with Crippen molar-refractivity contribution in [3.8, 4) is 0 Å². The molecule has 0 fully saturated rings. The maximum absolute atomic E-state index is 11.5. The molecule has 0 amide bonds. The van der Waals surface area contributed by atoms with Crippen LogP contribution in [0.3, 0.4) is 0 Å². The van der Waals surface area contributed by atoms with Crippen LogP contribution in [0, 0.1) is 0 Å². The van der Waals surface area contributed by atoms with Gasteiger partial charge in [-0.1, -0.05) is 11.8 Å². The Hall–Kier alpha value is -2.12. The van der Waals surface area contributed by atoms with Crippen molar-refractivity contribution in [2.45, 2.75) is 9.24 Å².